The lowest BCUT2D eigenvalue weighted by atomic mass is 10.3. The highest BCUT2D eigenvalue weighted by Gasteiger charge is 2.10. The Kier molecular flexibility index (Phi) is 2.68. The van der Waals surface area contributed by atoms with Gasteiger partial charge >= 0.3 is 5.97 Å². The van der Waals surface area contributed by atoms with E-state index in [9.17, 15) is 9.59 Å². The summed E-state index contributed by atoms with van der Waals surface area (Å²) in [6, 6.07) is 5.40. The zero-order valence-corrected chi connectivity index (χ0v) is 8.46. The molecule has 0 spiro atoms. The minimum absolute atomic E-state index is 0.00625. The largest absolute Gasteiger partial charge is 0.481 e. The van der Waals surface area contributed by atoms with E-state index in [1.165, 1.54) is 0 Å². The van der Waals surface area contributed by atoms with Gasteiger partial charge < -0.3 is 9.51 Å². The molecule has 2 aromatic heterocycles. The van der Waals surface area contributed by atoms with Crippen molar-refractivity contribution in [3.8, 4) is 0 Å². The average molecular weight is 218 g/mol. The van der Waals surface area contributed by atoms with E-state index < -0.39 is 5.97 Å². The molecule has 0 aliphatic carbocycles. The third kappa shape index (κ3) is 1.79. The smallest absolute Gasteiger partial charge is 0.303 e. The first-order valence-electron chi connectivity index (χ1n) is 4.85. The molecular formula is C11H10N2O3. The van der Waals surface area contributed by atoms with Crippen molar-refractivity contribution in [2.45, 2.75) is 12.8 Å². The molecule has 0 amide bonds. The van der Waals surface area contributed by atoms with Crippen molar-refractivity contribution in [1.82, 2.24) is 9.38 Å². The first-order chi connectivity index (χ1) is 7.72. The number of aldehydes is 1. The quantitative estimate of drug-likeness (QED) is 0.782. The van der Waals surface area contributed by atoms with E-state index in [0.717, 1.165) is 0 Å². The summed E-state index contributed by atoms with van der Waals surface area (Å²) in [6.45, 7) is 0. The number of hydrogen-bond acceptors (Lipinski definition) is 3. The third-order valence-electron chi connectivity index (χ3n) is 2.32. The van der Waals surface area contributed by atoms with Crippen molar-refractivity contribution >= 4 is 17.8 Å². The highest BCUT2D eigenvalue weighted by atomic mass is 16.4. The number of carboxylic acid groups (broad SMARTS) is 1. The second-order valence-corrected chi connectivity index (χ2v) is 3.38. The van der Waals surface area contributed by atoms with E-state index in [1.54, 1.807) is 16.7 Å². The fraction of sp³-hybridized carbons (Fsp3) is 0.182. The molecular weight excluding hydrogens is 208 g/mol. The SMILES string of the molecule is O=Cc1nc(CCC(=O)O)n2ccccc12. The number of pyridine rings is 1. The number of carbonyl (C=O) groups excluding carboxylic acids is 1. The molecule has 82 valence electrons. The molecule has 2 rings (SSSR count). The van der Waals surface area contributed by atoms with E-state index in [0.29, 0.717) is 29.7 Å². The molecule has 0 bridgehead atoms. The average Bonchev–Trinajstić information content (AvgIpc) is 2.65. The van der Waals surface area contributed by atoms with Crippen LogP contribution in [0.25, 0.3) is 5.52 Å². The highest BCUT2D eigenvalue weighted by Crippen LogP contribution is 2.12. The van der Waals surface area contributed by atoms with Crippen LogP contribution in [-0.4, -0.2) is 26.7 Å². The molecule has 0 aromatic carbocycles. The fourth-order valence-electron chi connectivity index (χ4n) is 1.61. The molecule has 16 heavy (non-hydrogen) atoms. The number of nitrogens with zero attached hydrogens (tertiary/aromatic N) is 2. The van der Waals surface area contributed by atoms with Gasteiger partial charge in [-0.05, 0) is 12.1 Å². The van der Waals surface area contributed by atoms with Gasteiger partial charge in [0.1, 0.15) is 11.5 Å². The van der Waals surface area contributed by atoms with Crippen molar-refractivity contribution in [1.29, 1.82) is 0 Å². The number of aryl methyl sites for hydroxylation is 1. The Morgan fingerprint density at radius 3 is 3.00 bits per heavy atom. The number of fused-ring (bicyclic) bond motifs is 1. The first-order valence-corrected chi connectivity index (χ1v) is 4.85. The van der Waals surface area contributed by atoms with Gasteiger partial charge in [-0.1, -0.05) is 6.07 Å². The van der Waals surface area contributed by atoms with Gasteiger partial charge in [0.05, 0.1) is 11.9 Å². The maximum absolute atomic E-state index is 10.8. The molecule has 2 heterocycles. The van der Waals surface area contributed by atoms with E-state index in [-0.39, 0.29) is 6.42 Å². The third-order valence-corrected chi connectivity index (χ3v) is 2.32. The first kappa shape index (κ1) is 10.4. The lowest BCUT2D eigenvalue weighted by molar-refractivity contribution is -0.137. The van der Waals surface area contributed by atoms with Gasteiger partial charge in [-0.3, -0.25) is 9.59 Å². The Bertz CT molecular complexity index is 545. The summed E-state index contributed by atoms with van der Waals surface area (Å²) in [5, 5.41) is 8.60. The summed E-state index contributed by atoms with van der Waals surface area (Å²) in [5.74, 6) is -0.277. The molecule has 2 aromatic rings. The molecule has 0 saturated heterocycles. The summed E-state index contributed by atoms with van der Waals surface area (Å²) >= 11 is 0. The monoisotopic (exact) mass is 218 g/mol. The molecule has 0 atom stereocenters. The van der Waals surface area contributed by atoms with Gasteiger partial charge in [0.25, 0.3) is 0 Å². The van der Waals surface area contributed by atoms with Crippen molar-refractivity contribution in [2.75, 3.05) is 0 Å². The van der Waals surface area contributed by atoms with Crippen LogP contribution in [0.3, 0.4) is 0 Å². The van der Waals surface area contributed by atoms with Gasteiger partial charge in [-0.2, -0.15) is 0 Å². The van der Waals surface area contributed by atoms with E-state index in [4.69, 9.17) is 5.11 Å². The molecule has 5 nitrogen and oxygen atoms in total. The van der Waals surface area contributed by atoms with Gasteiger partial charge in [0.15, 0.2) is 6.29 Å². The maximum Gasteiger partial charge on any atom is 0.303 e. The predicted molar refractivity (Wildman–Crippen MR) is 56.5 cm³/mol. The minimum Gasteiger partial charge on any atom is -0.481 e. The molecule has 0 aliphatic rings. The Morgan fingerprint density at radius 2 is 2.31 bits per heavy atom. The minimum atomic E-state index is -0.875. The van der Waals surface area contributed by atoms with Crippen LogP contribution in [0.5, 0.6) is 0 Å². The van der Waals surface area contributed by atoms with E-state index >= 15 is 0 Å². The summed E-state index contributed by atoms with van der Waals surface area (Å²) < 4.78 is 1.74. The second kappa shape index (κ2) is 4.14. The zero-order valence-electron chi connectivity index (χ0n) is 8.46. The lowest BCUT2D eigenvalue weighted by Crippen LogP contribution is -2.01. The summed E-state index contributed by atoms with van der Waals surface area (Å²) in [7, 11) is 0. The van der Waals surface area contributed by atoms with Crippen molar-refractivity contribution in [2.24, 2.45) is 0 Å². The molecule has 5 heteroatoms. The number of hydrogen-bond donors (Lipinski definition) is 1. The van der Waals surface area contributed by atoms with Crippen LogP contribution in [0.2, 0.25) is 0 Å². The lowest BCUT2D eigenvalue weighted by Gasteiger charge is -1.97. The van der Waals surface area contributed by atoms with E-state index in [1.807, 2.05) is 12.1 Å². The molecule has 0 unspecified atom stereocenters. The van der Waals surface area contributed by atoms with Crippen LogP contribution in [0, 0.1) is 0 Å². The molecule has 0 saturated carbocycles. The Balaban J connectivity index is 2.45. The van der Waals surface area contributed by atoms with Gasteiger partial charge in [0, 0.05) is 12.6 Å². The highest BCUT2D eigenvalue weighted by molar-refractivity contribution is 5.83. The normalized spacial score (nSPS) is 10.5. The van der Waals surface area contributed by atoms with Crippen LogP contribution < -0.4 is 0 Å². The molecule has 0 radical (unpaired) electrons. The zero-order chi connectivity index (χ0) is 11.5. The Hall–Kier alpha value is -2.17. The topological polar surface area (TPSA) is 71.7 Å². The maximum atomic E-state index is 10.8. The number of aromatic nitrogens is 2. The van der Waals surface area contributed by atoms with Crippen LogP contribution in [0.1, 0.15) is 22.7 Å². The van der Waals surface area contributed by atoms with E-state index in [2.05, 4.69) is 4.98 Å². The van der Waals surface area contributed by atoms with Crippen molar-refractivity contribution in [3.63, 3.8) is 0 Å². The summed E-state index contributed by atoms with van der Waals surface area (Å²) in [4.78, 5) is 25.4. The second-order valence-electron chi connectivity index (χ2n) is 3.38. The summed E-state index contributed by atoms with van der Waals surface area (Å²) in [6.07, 6.45) is 2.77. The summed E-state index contributed by atoms with van der Waals surface area (Å²) in [5.41, 5.74) is 1.05. The number of rotatable bonds is 4. The predicted octanol–water partition coefficient (Wildman–Crippen LogP) is 1.16. The number of carboxylic acids is 1. The molecule has 0 fully saturated rings. The Labute approximate surface area is 91.3 Å². The fourth-order valence-corrected chi connectivity index (χ4v) is 1.61. The Morgan fingerprint density at radius 1 is 1.50 bits per heavy atom. The van der Waals surface area contributed by atoms with Crippen LogP contribution >= 0.6 is 0 Å². The van der Waals surface area contributed by atoms with Crippen LogP contribution in [0.15, 0.2) is 24.4 Å². The van der Waals surface area contributed by atoms with Gasteiger partial charge in [-0.15, -0.1) is 0 Å². The van der Waals surface area contributed by atoms with Crippen molar-refractivity contribution < 1.29 is 14.7 Å². The van der Waals surface area contributed by atoms with Crippen LogP contribution in [0.4, 0.5) is 0 Å². The number of carbonyl (C=O) groups is 2. The van der Waals surface area contributed by atoms with Gasteiger partial charge in [-0.25, -0.2) is 4.98 Å². The number of imidazole rings is 1. The number of aliphatic carboxylic acids is 1. The van der Waals surface area contributed by atoms with Crippen LogP contribution in [-0.2, 0) is 11.2 Å². The standard InChI is InChI=1S/C11H10N2O3/c14-7-8-9-3-1-2-6-13(9)10(12-8)4-5-11(15)16/h1-3,6-7H,4-5H2,(H,15,16). The molecule has 1 N–H and O–H groups in total. The van der Waals surface area contributed by atoms with Crippen molar-refractivity contribution in [3.05, 3.63) is 35.9 Å². The van der Waals surface area contributed by atoms with Gasteiger partial charge in [0.2, 0.25) is 0 Å². The molecule has 0 aliphatic heterocycles.